The van der Waals surface area contributed by atoms with Gasteiger partial charge in [-0.05, 0) is 24.3 Å². The largest absolute Gasteiger partial charge is 0.427 e. The van der Waals surface area contributed by atoms with E-state index < -0.39 is 0 Å². The van der Waals surface area contributed by atoms with E-state index in [-0.39, 0.29) is 5.97 Å². The molecule has 72 valence electrons. The maximum atomic E-state index is 10.9. The second-order valence-electron chi connectivity index (χ2n) is 2.52. The molecule has 0 saturated heterocycles. The molecule has 0 aliphatic rings. The van der Waals surface area contributed by atoms with Crippen molar-refractivity contribution in [3.8, 4) is 5.75 Å². The summed E-state index contributed by atoms with van der Waals surface area (Å²) in [6.45, 7) is 1.72. The van der Waals surface area contributed by atoms with Crippen LogP contribution in [0.5, 0.6) is 5.75 Å². The number of hydrogen-bond donors (Lipinski definition) is 0. The lowest BCUT2D eigenvalue weighted by atomic mass is 10.3. The Bertz CT molecular complexity index is 363. The summed E-state index contributed by atoms with van der Waals surface area (Å²) >= 11 is 0. The smallest absolute Gasteiger partial charge is 0.310 e. The third kappa shape index (κ3) is 2.84. The van der Waals surface area contributed by atoms with Crippen LogP contribution in [-0.2, 0) is 9.59 Å². The van der Waals surface area contributed by atoms with Crippen LogP contribution in [-0.4, -0.2) is 12.0 Å². The van der Waals surface area contributed by atoms with Crippen molar-refractivity contribution in [3.05, 3.63) is 24.3 Å². The summed E-state index contributed by atoms with van der Waals surface area (Å²) in [7, 11) is 0. The molecule has 0 bridgehead atoms. The van der Waals surface area contributed by atoms with Gasteiger partial charge >= 0.3 is 5.97 Å². The van der Waals surface area contributed by atoms with E-state index in [9.17, 15) is 9.59 Å². The molecule has 1 aromatic carbocycles. The molecule has 0 unspecified atom stereocenters. The van der Waals surface area contributed by atoms with Crippen molar-refractivity contribution in [2.75, 3.05) is 0 Å². The van der Waals surface area contributed by atoms with Gasteiger partial charge in [0.15, 0.2) is 0 Å². The Hall–Kier alpha value is -1.93. The fourth-order valence-electron chi connectivity index (χ4n) is 0.845. The molecule has 0 radical (unpaired) electrons. The summed E-state index contributed by atoms with van der Waals surface area (Å²) in [5.74, 6) is 0.151. The molecule has 0 spiro atoms. The van der Waals surface area contributed by atoms with E-state index in [1.807, 2.05) is 0 Å². The first-order chi connectivity index (χ1) is 6.76. The van der Waals surface area contributed by atoms with Crippen LogP contribution in [0.25, 0.3) is 0 Å². The molecule has 0 saturated carbocycles. The third-order valence-corrected chi connectivity index (χ3v) is 1.53. The molecule has 1 rings (SSSR count). The summed E-state index contributed by atoms with van der Waals surface area (Å²) in [6, 6.07) is 6.29. The number of rotatable bonds is 3. The second kappa shape index (κ2) is 4.94. The standard InChI is InChI=1S/C10H9NO3/c1-2-10(13)14-9-5-3-8(4-6-9)11-7-12/h3-6H,2H2,1H3. The SMILES string of the molecule is CCC(=O)Oc1ccc(N=C=O)cc1. The summed E-state index contributed by atoms with van der Waals surface area (Å²) in [5, 5.41) is 0. The summed E-state index contributed by atoms with van der Waals surface area (Å²) in [6.07, 6.45) is 1.75. The minimum absolute atomic E-state index is 0.295. The van der Waals surface area contributed by atoms with Crippen LogP contribution in [0.2, 0.25) is 0 Å². The van der Waals surface area contributed by atoms with E-state index >= 15 is 0 Å². The topological polar surface area (TPSA) is 55.7 Å². The Morgan fingerprint density at radius 1 is 1.43 bits per heavy atom. The molecule has 0 amide bonds. The van der Waals surface area contributed by atoms with Gasteiger partial charge in [0.1, 0.15) is 5.75 Å². The van der Waals surface area contributed by atoms with E-state index in [1.54, 1.807) is 31.2 Å². The lowest BCUT2D eigenvalue weighted by Gasteiger charge is -2.01. The monoisotopic (exact) mass is 191 g/mol. The molecule has 0 aliphatic heterocycles. The van der Waals surface area contributed by atoms with Gasteiger partial charge in [-0.25, -0.2) is 4.79 Å². The van der Waals surface area contributed by atoms with Crippen molar-refractivity contribution in [1.82, 2.24) is 0 Å². The average molecular weight is 191 g/mol. The maximum Gasteiger partial charge on any atom is 0.310 e. The maximum absolute atomic E-state index is 10.9. The van der Waals surface area contributed by atoms with E-state index in [1.165, 1.54) is 6.08 Å². The normalized spacial score (nSPS) is 8.93. The van der Waals surface area contributed by atoms with Gasteiger partial charge in [0.05, 0.1) is 5.69 Å². The van der Waals surface area contributed by atoms with E-state index in [0.29, 0.717) is 17.9 Å². The summed E-state index contributed by atoms with van der Waals surface area (Å²) < 4.78 is 4.92. The van der Waals surface area contributed by atoms with Crippen LogP contribution >= 0.6 is 0 Å². The predicted octanol–water partition coefficient (Wildman–Crippen LogP) is 1.97. The number of aliphatic imine (C=N–C) groups is 1. The molecule has 14 heavy (non-hydrogen) atoms. The van der Waals surface area contributed by atoms with Gasteiger partial charge in [-0.3, -0.25) is 4.79 Å². The lowest BCUT2D eigenvalue weighted by molar-refractivity contribution is -0.134. The Morgan fingerprint density at radius 3 is 2.57 bits per heavy atom. The first-order valence-electron chi connectivity index (χ1n) is 4.15. The molecule has 0 heterocycles. The van der Waals surface area contributed by atoms with Gasteiger partial charge in [-0.1, -0.05) is 6.92 Å². The van der Waals surface area contributed by atoms with Gasteiger partial charge in [0.25, 0.3) is 0 Å². The summed E-state index contributed by atoms with van der Waals surface area (Å²) in [5.41, 5.74) is 0.483. The molecule has 0 N–H and O–H groups in total. The van der Waals surface area contributed by atoms with Crippen molar-refractivity contribution >= 4 is 17.7 Å². The van der Waals surface area contributed by atoms with Gasteiger partial charge in [-0.2, -0.15) is 4.99 Å². The number of ether oxygens (including phenoxy) is 1. The van der Waals surface area contributed by atoms with Gasteiger partial charge in [-0.15, -0.1) is 0 Å². The molecule has 0 aromatic heterocycles. The molecule has 4 nitrogen and oxygen atoms in total. The highest BCUT2D eigenvalue weighted by Gasteiger charge is 2.00. The number of carbonyl (C=O) groups is 1. The van der Waals surface area contributed by atoms with Gasteiger partial charge in [0.2, 0.25) is 6.08 Å². The molecular formula is C10H9NO3. The molecule has 0 fully saturated rings. The van der Waals surface area contributed by atoms with Crippen LogP contribution in [0.15, 0.2) is 29.3 Å². The highest BCUT2D eigenvalue weighted by molar-refractivity contribution is 5.72. The fraction of sp³-hybridized carbons (Fsp3) is 0.200. The van der Waals surface area contributed by atoms with E-state index in [2.05, 4.69) is 4.99 Å². The quantitative estimate of drug-likeness (QED) is 0.317. The number of carbonyl (C=O) groups excluding carboxylic acids is 2. The van der Waals surface area contributed by atoms with Crippen LogP contribution in [0.3, 0.4) is 0 Å². The number of esters is 1. The Balaban J connectivity index is 2.73. The first kappa shape index (κ1) is 10.2. The number of nitrogens with zero attached hydrogens (tertiary/aromatic N) is 1. The molecule has 1 aromatic rings. The minimum atomic E-state index is -0.295. The van der Waals surface area contributed by atoms with Crippen LogP contribution < -0.4 is 4.74 Å². The van der Waals surface area contributed by atoms with Crippen molar-refractivity contribution in [3.63, 3.8) is 0 Å². The predicted molar refractivity (Wildman–Crippen MR) is 50.1 cm³/mol. The van der Waals surface area contributed by atoms with Crippen LogP contribution in [0, 0.1) is 0 Å². The van der Waals surface area contributed by atoms with E-state index in [4.69, 9.17) is 4.74 Å². The molecule has 0 atom stereocenters. The molecular weight excluding hydrogens is 182 g/mol. The zero-order chi connectivity index (χ0) is 10.4. The second-order valence-corrected chi connectivity index (χ2v) is 2.52. The lowest BCUT2D eigenvalue weighted by Crippen LogP contribution is -2.04. The Labute approximate surface area is 81.2 Å². The highest BCUT2D eigenvalue weighted by Crippen LogP contribution is 2.17. The minimum Gasteiger partial charge on any atom is -0.427 e. The average Bonchev–Trinajstić information content (AvgIpc) is 2.21. The van der Waals surface area contributed by atoms with Crippen molar-refractivity contribution in [2.24, 2.45) is 4.99 Å². The van der Waals surface area contributed by atoms with Crippen molar-refractivity contribution < 1.29 is 14.3 Å². The first-order valence-corrected chi connectivity index (χ1v) is 4.15. The van der Waals surface area contributed by atoms with Crippen LogP contribution in [0.4, 0.5) is 5.69 Å². The van der Waals surface area contributed by atoms with Gasteiger partial charge < -0.3 is 4.74 Å². The fourth-order valence-corrected chi connectivity index (χ4v) is 0.845. The highest BCUT2D eigenvalue weighted by atomic mass is 16.5. The van der Waals surface area contributed by atoms with Crippen LogP contribution in [0.1, 0.15) is 13.3 Å². The zero-order valence-electron chi connectivity index (χ0n) is 7.69. The number of isocyanates is 1. The third-order valence-electron chi connectivity index (χ3n) is 1.53. The summed E-state index contributed by atoms with van der Waals surface area (Å²) in [4.78, 5) is 24.2. The van der Waals surface area contributed by atoms with Crippen molar-refractivity contribution in [1.29, 1.82) is 0 Å². The Morgan fingerprint density at radius 2 is 2.07 bits per heavy atom. The van der Waals surface area contributed by atoms with Crippen molar-refractivity contribution in [2.45, 2.75) is 13.3 Å². The molecule has 4 heteroatoms. The zero-order valence-corrected chi connectivity index (χ0v) is 7.69. The number of hydrogen-bond acceptors (Lipinski definition) is 4. The number of benzene rings is 1. The van der Waals surface area contributed by atoms with Gasteiger partial charge in [0, 0.05) is 6.42 Å². The van der Waals surface area contributed by atoms with E-state index in [0.717, 1.165) is 0 Å². The Kier molecular flexibility index (Phi) is 3.58. The molecule has 0 aliphatic carbocycles.